The van der Waals surface area contributed by atoms with E-state index in [0.717, 1.165) is 5.56 Å². The topological polar surface area (TPSA) is 53.2 Å². The van der Waals surface area contributed by atoms with Gasteiger partial charge in [-0.2, -0.15) is 5.26 Å². The average molecular weight is 271 g/mol. The first kappa shape index (κ1) is 14.0. The standard InChI is InChI=1S/C16H14FNO2/c1-11-3-2-4-13(9-19)16(11)20-10-14-6-5-12(8-18)7-15(14)17/h2-7,19H,9-10H2,1H3. The SMILES string of the molecule is Cc1cccc(CO)c1OCc1ccc(C#N)cc1F. The lowest BCUT2D eigenvalue weighted by Crippen LogP contribution is -2.02. The molecule has 0 unspecified atom stereocenters. The summed E-state index contributed by atoms with van der Waals surface area (Å²) in [5.74, 6) is 0.0990. The fraction of sp³-hybridized carbons (Fsp3) is 0.188. The molecule has 3 nitrogen and oxygen atoms in total. The van der Waals surface area contributed by atoms with Gasteiger partial charge in [0.1, 0.15) is 18.2 Å². The Morgan fingerprint density at radius 3 is 2.70 bits per heavy atom. The number of benzene rings is 2. The second kappa shape index (κ2) is 6.18. The maximum Gasteiger partial charge on any atom is 0.131 e. The third-order valence-corrected chi connectivity index (χ3v) is 3.02. The number of para-hydroxylation sites is 1. The number of aryl methyl sites for hydroxylation is 1. The van der Waals surface area contributed by atoms with Gasteiger partial charge in [-0.15, -0.1) is 0 Å². The second-order valence-corrected chi connectivity index (χ2v) is 4.43. The molecule has 0 aromatic heterocycles. The number of aliphatic hydroxyl groups excluding tert-OH is 1. The Balaban J connectivity index is 2.19. The van der Waals surface area contributed by atoms with Gasteiger partial charge in [-0.3, -0.25) is 0 Å². The highest BCUT2D eigenvalue weighted by Crippen LogP contribution is 2.25. The van der Waals surface area contributed by atoms with Gasteiger partial charge in [0.15, 0.2) is 0 Å². The molecule has 2 rings (SSSR count). The van der Waals surface area contributed by atoms with E-state index in [9.17, 15) is 9.50 Å². The summed E-state index contributed by atoms with van der Waals surface area (Å²) in [6, 6.07) is 11.6. The summed E-state index contributed by atoms with van der Waals surface area (Å²) in [6.45, 7) is 1.78. The Kier molecular flexibility index (Phi) is 4.34. The maximum atomic E-state index is 13.7. The van der Waals surface area contributed by atoms with Crippen molar-refractivity contribution < 1.29 is 14.2 Å². The van der Waals surface area contributed by atoms with Crippen LogP contribution in [0.15, 0.2) is 36.4 Å². The summed E-state index contributed by atoms with van der Waals surface area (Å²) >= 11 is 0. The van der Waals surface area contributed by atoms with E-state index in [1.54, 1.807) is 12.1 Å². The summed E-state index contributed by atoms with van der Waals surface area (Å²) in [6.07, 6.45) is 0. The van der Waals surface area contributed by atoms with Crippen LogP contribution >= 0.6 is 0 Å². The predicted octanol–water partition coefficient (Wildman–Crippen LogP) is 3.08. The molecule has 0 saturated carbocycles. The molecule has 0 fully saturated rings. The van der Waals surface area contributed by atoms with Crippen molar-refractivity contribution in [2.75, 3.05) is 0 Å². The summed E-state index contributed by atoms with van der Waals surface area (Å²) in [4.78, 5) is 0. The molecule has 0 aliphatic rings. The quantitative estimate of drug-likeness (QED) is 0.929. The molecule has 1 N–H and O–H groups in total. The molecule has 0 spiro atoms. The lowest BCUT2D eigenvalue weighted by molar-refractivity contribution is 0.256. The number of rotatable bonds is 4. The smallest absolute Gasteiger partial charge is 0.131 e. The largest absolute Gasteiger partial charge is 0.488 e. The number of ether oxygens (including phenoxy) is 1. The van der Waals surface area contributed by atoms with E-state index >= 15 is 0 Å². The molecule has 102 valence electrons. The Hall–Kier alpha value is -2.38. The summed E-state index contributed by atoms with van der Waals surface area (Å²) in [5.41, 5.74) is 2.19. The van der Waals surface area contributed by atoms with Crippen molar-refractivity contribution in [1.29, 1.82) is 5.26 Å². The number of nitrogens with zero attached hydrogens (tertiary/aromatic N) is 1. The highest BCUT2D eigenvalue weighted by atomic mass is 19.1. The van der Waals surface area contributed by atoms with E-state index in [2.05, 4.69) is 0 Å². The number of hydrogen-bond donors (Lipinski definition) is 1. The Bertz CT molecular complexity index is 662. The van der Waals surface area contributed by atoms with Gasteiger partial charge in [-0.05, 0) is 24.6 Å². The predicted molar refractivity (Wildman–Crippen MR) is 72.5 cm³/mol. The first-order valence-electron chi connectivity index (χ1n) is 6.16. The molecule has 0 bridgehead atoms. The number of hydrogen-bond acceptors (Lipinski definition) is 3. The number of halogens is 1. The van der Waals surface area contributed by atoms with Gasteiger partial charge in [0.2, 0.25) is 0 Å². The molecular weight excluding hydrogens is 257 g/mol. The zero-order valence-electron chi connectivity index (χ0n) is 11.1. The molecule has 2 aromatic carbocycles. The zero-order valence-corrected chi connectivity index (χ0v) is 11.1. The molecule has 4 heteroatoms. The van der Waals surface area contributed by atoms with Gasteiger partial charge >= 0.3 is 0 Å². The fourth-order valence-corrected chi connectivity index (χ4v) is 1.93. The molecular formula is C16H14FNO2. The molecule has 0 saturated heterocycles. The van der Waals surface area contributed by atoms with Gasteiger partial charge in [-0.1, -0.05) is 24.3 Å². The molecule has 0 heterocycles. The van der Waals surface area contributed by atoms with Crippen LogP contribution in [-0.2, 0) is 13.2 Å². The Morgan fingerprint density at radius 1 is 1.25 bits per heavy atom. The van der Waals surface area contributed by atoms with Crippen LogP contribution in [0.1, 0.15) is 22.3 Å². The van der Waals surface area contributed by atoms with Crippen LogP contribution in [0.25, 0.3) is 0 Å². The molecule has 0 atom stereocenters. The summed E-state index contributed by atoms with van der Waals surface area (Å²) in [7, 11) is 0. The molecule has 0 aliphatic heterocycles. The normalized spacial score (nSPS) is 10.1. The van der Waals surface area contributed by atoms with E-state index in [1.807, 2.05) is 25.1 Å². The Labute approximate surface area is 116 Å². The van der Waals surface area contributed by atoms with Crippen molar-refractivity contribution in [1.82, 2.24) is 0 Å². The molecule has 0 radical (unpaired) electrons. The van der Waals surface area contributed by atoms with Crippen molar-refractivity contribution >= 4 is 0 Å². The molecule has 0 amide bonds. The minimum absolute atomic E-state index is 0.0510. The summed E-state index contributed by atoms with van der Waals surface area (Å²) in [5, 5.41) is 18.0. The van der Waals surface area contributed by atoms with E-state index in [4.69, 9.17) is 10.00 Å². The lowest BCUT2D eigenvalue weighted by Gasteiger charge is -2.13. The van der Waals surface area contributed by atoms with E-state index in [-0.39, 0.29) is 18.8 Å². The van der Waals surface area contributed by atoms with Crippen LogP contribution in [0.2, 0.25) is 0 Å². The minimum atomic E-state index is -0.469. The van der Waals surface area contributed by atoms with Crippen LogP contribution in [0.4, 0.5) is 4.39 Å². The zero-order chi connectivity index (χ0) is 14.5. The second-order valence-electron chi connectivity index (χ2n) is 4.43. The van der Waals surface area contributed by atoms with E-state index < -0.39 is 5.82 Å². The van der Waals surface area contributed by atoms with Crippen LogP contribution in [0.3, 0.4) is 0 Å². The first-order chi connectivity index (χ1) is 9.65. The third-order valence-electron chi connectivity index (χ3n) is 3.02. The van der Waals surface area contributed by atoms with E-state index in [0.29, 0.717) is 16.9 Å². The van der Waals surface area contributed by atoms with Crippen molar-refractivity contribution in [3.8, 4) is 11.8 Å². The minimum Gasteiger partial charge on any atom is -0.488 e. The van der Waals surface area contributed by atoms with Crippen molar-refractivity contribution in [2.45, 2.75) is 20.1 Å². The Morgan fingerprint density at radius 2 is 2.05 bits per heavy atom. The van der Waals surface area contributed by atoms with E-state index in [1.165, 1.54) is 12.1 Å². The van der Waals surface area contributed by atoms with Gasteiger partial charge in [-0.25, -0.2) is 4.39 Å². The average Bonchev–Trinajstić information content (AvgIpc) is 2.46. The van der Waals surface area contributed by atoms with Crippen molar-refractivity contribution in [3.63, 3.8) is 0 Å². The molecule has 20 heavy (non-hydrogen) atoms. The monoisotopic (exact) mass is 271 g/mol. The molecule has 2 aromatic rings. The van der Waals surface area contributed by atoms with Gasteiger partial charge in [0, 0.05) is 11.1 Å². The number of nitriles is 1. The lowest BCUT2D eigenvalue weighted by atomic mass is 10.1. The molecule has 0 aliphatic carbocycles. The van der Waals surface area contributed by atoms with Crippen LogP contribution in [-0.4, -0.2) is 5.11 Å². The van der Waals surface area contributed by atoms with Gasteiger partial charge in [0.05, 0.1) is 18.2 Å². The van der Waals surface area contributed by atoms with Crippen molar-refractivity contribution in [2.24, 2.45) is 0 Å². The third kappa shape index (κ3) is 2.95. The fourth-order valence-electron chi connectivity index (χ4n) is 1.93. The highest BCUT2D eigenvalue weighted by Gasteiger charge is 2.09. The van der Waals surface area contributed by atoms with Gasteiger partial charge in [0.25, 0.3) is 0 Å². The van der Waals surface area contributed by atoms with Crippen LogP contribution in [0.5, 0.6) is 5.75 Å². The van der Waals surface area contributed by atoms with Crippen LogP contribution < -0.4 is 4.74 Å². The summed E-state index contributed by atoms with van der Waals surface area (Å²) < 4.78 is 19.4. The highest BCUT2D eigenvalue weighted by molar-refractivity contribution is 5.40. The van der Waals surface area contributed by atoms with Gasteiger partial charge < -0.3 is 9.84 Å². The first-order valence-corrected chi connectivity index (χ1v) is 6.16. The maximum absolute atomic E-state index is 13.7. The van der Waals surface area contributed by atoms with Crippen LogP contribution in [0, 0.1) is 24.1 Å². The van der Waals surface area contributed by atoms with Crippen molar-refractivity contribution in [3.05, 3.63) is 64.5 Å². The number of aliphatic hydroxyl groups is 1.